The van der Waals surface area contributed by atoms with Crippen molar-refractivity contribution in [3.05, 3.63) is 18.4 Å². The van der Waals surface area contributed by atoms with E-state index in [1.54, 1.807) is 11.1 Å². The molecule has 6 nitrogen and oxygen atoms in total. The number of tetrazole rings is 1. The van der Waals surface area contributed by atoms with Crippen LogP contribution in [0.2, 0.25) is 0 Å². The molecule has 1 fully saturated rings. The molecule has 0 radical (unpaired) electrons. The zero-order valence-electron chi connectivity index (χ0n) is 11.8. The first-order chi connectivity index (χ1) is 9.83. The van der Waals surface area contributed by atoms with E-state index in [4.69, 9.17) is 4.42 Å². The fraction of sp³-hybridized carbons (Fsp3) is 0.643. The van der Waals surface area contributed by atoms with Crippen molar-refractivity contribution >= 4 is 0 Å². The van der Waals surface area contributed by atoms with Gasteiger partial charge in [-0.15, -0.1) is 10.2 Å². The van der Waals surface area contributed by atoms with Crippen LogP contribution in [0.5, 0.6) is 0 Å². The highest BCUT2D eigenvalue weighted by Gasteiger charge is 2.16. The molecule has 1 aliphatic rings. The molecular formula is C14H21N5O. The Labute approximate surface area is 118 Å². The smallest absolute Gasteiger partial charge is 0.240 e. The van der Waals surface area contributed by atoms with E-state index in [0.29, 0.717) is 17.6 Å². The minimum atomic E-state index is 0.188. The number of hydrogen-bond acceptors (Lipinski definition) is 5. The summed E-state index contributed by atoms with van der Waals surface area (Å²) in [7, 11) is 0. The predicted octanol–water partition coefficient (Wildman–Crippen LogP) is 2.42. The van der Waals surface area contributed by atoms with E-state index in [0.717, 1.165) is 6.54 Å². The lowest BCUT2D eigenvalue weighted by Crippen LogP contribution is -2.35. The molecule has 2 aromatic heterocycles. The van der Waals surface area contributed by atoms with Gasteiger partial charge in [-0.3, -0.25) is 0 Å². The van der Waals surface area contributed by atoms with Crippen LogP contribution in [0.4, 0.5) is 0 Å². The summed E-state index contributed by atoms with van der Waals surface area (Å²) in [5.74, 6) is 1.20. The molecule has 2 heterocycles. The van der Waals surface area contributed by atoms with Gasteiger partial charge < -0.3 is 9.73 Å². The van der Waals surface area contributed by atoms with E-state index >= 15 is 0 Å². The molecule has 1 aliphatic carbocycles. The second kappa shape index (κ2) is 6.17. The van der Waals surface area contributed by atoms with Crippen molar-refractivity contribution in [2.75, 3.05) is 6.54 Å². The minimum Gasteiger partial charge on any atom is -0.461 e. The van der Waals surface area contributed by atoms with Crippen LogP contribution in [0.15, 0.2) is 22.8 Å². The van der Waals surface area contributed by atoms with Crippen molar-refractivity contribution in [1.29, 1.82) is 0 Å². The predicted molar refractivity (Wildman–Crippen MR) is 75.1 cm³/mol. The van der Waals surface area contributed by atoms with Crippen molar-refractivity contribution in [3.63, 3.8) is 0 Å². The van der Waals surface area contributed by atoms with Gasteiger partial charge in [0, 0.05) is 12.6 Å². The molecule has 0 bridgehead atoms. The van der Waals surface area contributed by atoms with Crippen LogP contribution < -0.4 is 5.32 Å². The third-order valence-electron chi connectivity index (χ3n) is 3.87. The largest absolute Gasteiger partial charge is 0.461 e. The standard InChI is InChI=1S/C14H21N5O/c1-11(10-15-12-6-3-2-4-7-12)19-17-14(16-18-19)13-8-5-9-20-13/h5,8-9,11-12,15H,2-4,6-7,10H2,1H3. The molecule has 108 valence electrons. The summed E-state index contributed by atoms with van der Waals surface area (Å²) in [5, 5.41) is 16.1. The summed E-state index contributed by atoms with van der Waals surface area (Å²) in [6.45, 7) is 2.97. The summed E-state index contributed by atoms with van der Waals surface area (Å²) in [4.78, 5) is 1.66. The minimum absolute atomic E-state index is 0.188. The lowest BCUT2D eigenvalue weighted by molar-refractivity contribution is 0.329. The number of nitrogens with zero attached hydrogens (tertiary/aromatic N) is 4. The van der Waals surface area contributed by atoms with E-state index in [1.165, 1.54) is 32.1 Å². The molecule has 3 rings (SSSR count). The molecule has 20 heavy (non-hydrogen) atoms. The zero-order chi connectivity index (χ0) is 13.8. The monoisotopic (exact) mass is 275 g/mol. The lowest BCUT2D eigenvalue weighted by atomic mass is 9.95. The second-order valence-corrected chi connectivity index (χ2v) is 5.50. The molecule has 1 saturated carbocycles. The Morgan fingerprint density at radius 3 is 3.00 bits per heavy atom. The maximum Gasteiger partial charge on any atom is 0.240 e. The van der Waals surface area contributed by atoms with E-state index in [9.17, 15) is 0 Å². The third kappa shape index (κ3) is 3.07. The Balaban J connectivity index is 1.55. The summed E-state index contributed by atoms with van der Waals surface area (Å²) < 4.78 is 5.27. The van der Waals surface area contributed by atoms with Crippen LogP contribution in [-0.2, 0) is 0 Å². The highest BCUT2D eigenvalue weighted by atomic mass is 16.3. The molecule has 1 atom stereocenters. The van der Waals surface area contributed by atoms with Gasteiger partial charge in [-0.2, -0.15) is 4.80 Å². The first-order valence-corrected chi connectivity index (χ1v) is 7.39. The molecule has 0 saturated heterocycles. The Morgan fingerprint density at radius 2 is 2.25 bits per heavy atom. The molecular weight excluding hydrogens is 254 g/mol. The van der Waals surface area contributed by atoms with Crippen LogP contribution in [-0.4, -0.2) is 32.8 Å². The molecule has 0 spiro atoms. The van der Waals surface area contributed by atoms with Crippen LogP contribution in [0.25, 0.3) is 11.6 Å². The van der Waals surface area contributed by atoms with Gasteiger partial charge in [-0.05, 0) is 37.1 Å². The van der Waals surface area contributed by atoms with E-state index < -0.39 is 0 Å². The first kappa shape index (κ1) is 13.3. The second-order valence-electron chi connectivity index (χ2n) is 5.50. The fourth-order valence-electron chi connectivity index (χ4n) is 2.64. The Morgan fingerprint density at radius 1 is 1.40 bits per heavy atom. The summed E-state index contributed by atoms with van der Waals surface area (Å²) >= 11 is 0. The maximum absolute atomic E-state index is 5.27. The quantitative estimate of drug-likeness (QED) is 0.907. The van der Waals surface area contributed by atoms with Crippen LogP contribution >= 0.6 is 0 Å². The normalized spacial score (nSPS) is 18.2. The number of nitrogens with one attached hydrogen (secondary N) is 1. The Hall–Kier alpha value is -1.69. The summed E-state index contributed by atoms with van der Waals surface area (Å²) in [6, 6.07) is 4.50. The van der Waals surface area contributed by atoms with Crippen molar-refractivity contribution < 1.29 is 4.42 Å². The molecule has 2 aromatic rings. The molecule has 0 amide bonds. The van der Waals surface area contributed by atoms with Crippen molar-refractivity contribution in [1.82, 2.24) is 25.5 Å². The van der Waals surface area contributed by atoms with Crippen LogP contribution in [0, 0.1) is 0 Å². The summed E-state index contributed by atoms with van der Waals surface area (Å²) in [6.07, 6.45) is 8.26. The highest BCUT2D eigenvalue weighted by molar-refractivity contribution is 5.43. The van der Waals surface area contributed by atoms with E-state index in [-0.39, 0.29) is 6.04 Å². The number of aromatic nitrogens is 4. The van der Waals surface area contributed by atoms with Crippen molar-refractivity contribution in [2.24, 2.45) is 0 Å². The van der Waals surface area contributed by atoms with E-state index in [2.05, 4.69) is 27.7 Å². The van der Waals surface area contributed by atoms with Gasteiger partial charge >= 0.3 is 0 Å². The molecule has 0 aromatic carbocycles. The molecule has 1 N–H and O–H groups in total. The average molecular weight is 275 g/mol. The third-order valence-corrected chi connectivity index (χ3v) is 3.87. The topological polar surface area (TPSA) is 68.8 Å². The van der Waals surface area contributed by atoms with Crippen molar-refractivity contribution in [2.45, 2.75) is 51.1 Å². The molecule has 0 aliphatic heterocycles. The zero-order valence-corrected chi connectivity index (χ0v) is 11.8. The summed E-state index contributed by atoms with van der Waals surface area (Å²) in [5.41, 5.74) is 0. The SMILES string of the molecule is CC(CNC1CCCCC1)n1nnc(-c2ccco2)n1. The Bertz CT molecular complexity index is 515. The van der Waals surface area contributed by atoms with Gasteiger partial charge in [0.05, 0.1) is 12.3 Å². The Kier molecular flexibility index (Phi) is 4.11. The van der Waals surface area contributed by atoms with Gasteiger partial charge in [0.1, 0.15) is 0 Å². The van der Waals surface area contributed by atoms with Gasteiger partial charge in [0.2, 0.25) is 5.82 Å². The van der Waals surface area contributed by atoms with Gasteiger partial charge in [0.15, 0.2) is 5.76 Å². The van der Waals surface area contributed by atoms with Gasteiger partial charge in [-0.25, -0.2) is 0 Å². The number of furan rings is 1. The fourth-order valence-corrected chi connectivity index (χ4v) is 2.64. The van der Waals surface area contributed by atoms with Crippen molar-refractivity contribution in [3.8, 4) is 11.6 Å². The number of hydrogen-bond donors (Lipinski definition) is 1. The average Bonchev–Trinajstić information content (AvgIpc) is 3.16. The van der Waals surface area contributed by atoms with E-state index in [1.807, 2.05) is 12.1 Å². The molecule has 6 heteroatoms. The maximum atomic E-state index is 5.27. The van der Waals surface area contributed by atoms with Gasteiger partial charge in [-0.1, -0.05) is 19.3 Å². The van der Waals surface area contributed by atoms with Gasteiger partial charge in [0.25, 0.3) is 0 Å². The number of rotatable bonds is 5. The van der Waals surface area contributed by atoms with Crippen LogP contribution in [0.3, 0.4) is 0 Å². The molecule has 1 unspecified atom stereocenters. The lowest BCUT2D eigenvalue weighted by Gasteiger charge is -2.24. The first-order valence-electron chi connectivity index (χ1n) is 7.39. The highest BCUT2D eigenvalue weighted by Crippen LogP contribution is 2.18. The van der Waals surface area contributed by atoms with Crippen LogP contribution in [0.1, 0.15) is 45.1 Å².